The van der Waals surface area contributed by atoms with Gasteiger partial charge in [-0.2, -0.15) is 0 Å². The highest BCUT2D eigenvalue weighted by atomic mass is 32.2. The zero-order chi connectivity index (χ0) is 29.5. The molecule has 5 aromatic rings. The molecule has 6 heteroatoms. The molecule has 0 amide bonds. The van der Waals surface area contributed by atoms with Gasteiger partial charge in [0.15, 0.2) is 11.5 Å². The fourth-order valence-corrected chi connectivity index (χ4v) is 5.19. The van der Waals surface area contributed by atoms with E-state index in [1.54, 1.807) is 48.5 Å². The first-order chi connectivity index (χ1) is 20.4. The van der Waals surface area contributed by atoms with Crippen molar-refractivity contribution in [2.45, 2.75) is 23.6 Å². The summed E-state index contributed by atoms with van der Waals surface area (Å²) in [4.78, 5) is 46.1. The van der Waals surface area contributed by atoms with Crippen LogP contribution in [0.1, 0.15) is 53.3 Å². The molecule has 0 atom stereocenters. The third kappa shape index (κ3) is 6.62. The van der Waals surface area contributed by atoms with Crippen molar-refractivity contribution in [2.75, 3.05) is 0 Å². The smallest absolute Gasteiger partial charge is 0.312 e. The minimum atomic E-state index is -0.646. The summed E-state index contributed by atoms with van der Waals surface area (Å²) in [6.45, 7) is 3.80. The van der Waals surface area contributed by atoms with Crippen LogP contribution in [0.5, 0.6) is 0 Å². The average Bonchev–Trinajstić information content (AvgIpc) is 3.03. The maximum Gasteiger partial charge on any atom is 0.365 e. The van der Waals surface area contributed by atoms with Crippen molar-refractivity contribution in [2.24, 2.45) is 5.16 Å². The van der Waals surface area contributed by atoms with Crippen molar-refractivity contribution in [1.82, 2.24) is 0 Å². The van der Waals surface area contributed by atoms with E-state index in [2.05, 4.69) is 5.16 Å². The topological polar surface area (TPSA) is 72.8 Å². The molecule has 0 bridgehead atoms. The summed E-state index contributed by atoms with van der Waals surface area (Å²) >= 11 is 1.52. The van der Waals surface area contributed by atoms with Crippen LogP contribution in [0, 0.1) is 13.8 Å². The molecular weight excluding hydrogens is 542 g/mol. The van der Waals surface area contributed by atoms with Crippen LogP contribution in [-0.4, -0.2) is 23.2 Å². The van der Waals surface area contributed by atoms with Crippen LogP contribution in [0.2, 0.25) is 0 Å². The monoisotopic (exact) mass is 569 g/mol. The second kappa shape index (κ2) is 13.1. The summed E-state index contributed by atoms with van der Waals surface area (Å²) in [7, 11) is 0. The minimum Gasteiger partial charge on any atom is -0.312 e. The van der Waals surface area contributed by atoms with Gasteiger partial charge in [0.05, 0.1) is 5.56 Å². The molecule has 0 aromatic heterocycles. The highest BCUT2D eigenvalue weighted by molar-refractivity contribution is 7.99. The van der Waals surface area contributed by atoms with Crippen LogP contribution < -0.4 is 0 Å². The number of ketones is 2. The number of oxime groups is 1. The molecule has 0 aliphatic heterocycles. The molecule has 0 heterocycles. The van der Waals surface area contributed by atoms with Gasteiger partial charge in [0.1, 0.15) is 0 Å². The number of aryl methyl sites for hydroxylation is 2. The lowest BCUT2D eigenvalue weighted by molar-refractivity contribution is 0.0516. The van der Waals surface area contributed by atoms with E-state index >= 15 is 0 Å². The number of carbonyl (C=O) groups excluding carboxylic acids is 3. The quantitative estimate of drug-likeness (QED) is 0.0776. The van der Waals surface area contributed by atoms with Gasteiger partial charge in [0.25, 0.3) is 0 Å². The molecule has 0 aliphatic rings. The number of carbonyl (C=O) groups is 3. The fraction of sp³-hybridized carbons (Fsp3) is 0.0556. The zero-order valence-electron chi connectivity index (χ0n) is 23.1. The Hall–Kier alpha value is -5.07. The molecule has 5 nitrogen and oxygen atoms in total. The van der Waals surface area contributed by atoms with Crippen LogP contribution >= 0.6 is 11.8 Å². The van der Waals surface area contributed by atoms with Crippen LogP contribution in [-0.2, 0) is 4.84 Å². The van der Waals surface area contributed by atoms with E-state index in [0.29, 0.717) is 27.8 Å². The summed E-state index contributed by atoms with van der Waals surface area (Å²) in [5, 5.41) is 4.03. The Morgan fingerprint density at radius 3 is 1.62 bits per heavy atom. The first kappa shape index (κ1) is 28.5. The van der Waals surface area contributed by atoms with Gasteiger partial charge in [-0.15, -0.1) is 0 Å². The van der Waals surface area contributed by atoms with Crippen molar-refractivity contribution in [3.05, 3.63) is 166 Å². The number of benzene rings is 5. The van der Waals surface area contributed by atoms with Gasteiger partial charge in [-0.25, -0.2) is 4.79 Å². The van der Waals surface area contributed by atoms with Gasteiger partial charge in [0.2, 0.25) is 5.78 Å². The maximum atomic E-state index is 13.6. The van der Waals surface area contributed by atoms with Gasteiger partial charge < -0.3 is 4.84 Å². The van der Waals surface area contributed by atoms with Crippen molar-refractivity contribution in [3.63, 3.8) is 0 Å². The Kier molecular flexibility index (Phi) is 8.85. The molecule has 5 aromatic carbocycles. The SMILES string of the molecule is Cc1ccccc1C(=O)c1ccc(Sc2ccc(C(=O)/C(=N\OC(=O)c3ccccc3)c3ccccc3C)cc2)cc1. The lowest BCUT2D eigenvalue weighted by Crippen LogP contribution is -2.18. The van der Waals surface area contributed by atoms with Gasteiger partial charge in [-0.1, -0.05) is 83.6 Å². The highest BCUT2D eigenvalue weighted by Gasteiger charge is 2.20. The van der Waals surface area contributed by atoms with Gasteiger partial charge >= 0.3 is 5.97 Å². The number of Topliss-reactive ketones (excluding diaryl/α,β-unsaturated/α-hetero) is 1. The van der Waals surface area contributed by atoms with Crippen LogP contribution in [0.3, 0.4) is 0 Å². The number of hydrogen-bond donors (Lipinski definition) is 0. The normalized spacial score (nSPS) is 11.1. The molecule has 0 radical (unpaired) electrons. The average molecular weight is 570 g/mol. The molecular formula is C36H27NO4S. The summed E-state index contributed by atoms with van der Waals surface area (Å²) in [6, 6.07) is 38.1. The highest BCUT2D eigenvalue weighted by Crippen LogP contribution is 2.29. The number of hydrogen-bond acceptors (Lipinski definition) is 6. The minimum absolute atomic E-state index is 0.00640. The third-order valence-corrected chi connectivity index (χ3v) is 7.72. The van der Waals surface area contributed by atoms with Crippen molar-refractivity contribution < 1.29 is 19.2 Å². The van der Waals surface area contributed by atoms with E-state index in [-0.39, 0.29) is 17.3 Å². The largest absolute Gasteiger partial charge is 0.365 e. The molecule has 0 fully saturated rings. The van der Waals surface area contributed by atoms with Crippen LogP contribution in [0.25, 0.3) is 0 Å². The molecule has 0 saturated heterocycles. The van der Waals surface area contributed by atoms with E-state index in [1.807, 2.05) is 92.7 Å². The second-order valence-corrected chi connectivity index (χ2v) is 10.8. The lowest BCUT2D eigenvalue weighted by Gasteiger charge is -2.10. The van der Waals surface area contributed by atoms with Crippen molar-refractivity contribution in [3.8, 4) is 0 Å². The van der Waals surface area contributed by atoms with Gasteiger partial charge in [-0.3, -0.25) is 9.59 Å². The van der Waals surface area contributed by atoms with E-state index < -0.39 is 5.97 Å². The third-order valence-electron chi connectivity index (χ3n) is 6.70. The molecule has 206 valence electrons. The predicted molar refractivity (Wildman–Crippen MR) is 166 cm³/mol. The maximum absolute atomic E-state index is 13.6. The Bertz CT molecular complexity index is 1780. The van der Waals surface area contributed by atoms with E-state index in [1.165, 1.54) is 11.8 Å². The van der Waals surface area contributed by atoms with Gasteiger partial charge in [0, 0.05) is 32.0 Å². The Balaban J connectivity index is 1.32. The first-order valence-corrected chi connectivity index (χ1v) is 14.2. The standard InChI is InChI=1S/C36H27NO4S/c1-24-10-6-8-14-31(24)33(37-41-36(40)28-12-4-3-5-13-28)35(39)27-18-22-30(23-19-27)42-29-20-16-26(17-21-29)34(38)32-15-9-7-11-25(32)2/h3-23H,1-2H3/b37-33-. The molecule has 5 rings (SSSR count). The predicted octanol–water partition coefficient (Wildman–Crippen LogP) is 8.13. The van der Waals surface area contributed by atoms with E-state index in [9.17, 15) is 14.4 Å². The summed E-state index contributed by atoms with van der Waals surface area (Å²) < 4.78 is 0. The summed E-state index contributed by atoms with van der Waals surface area (Å²) in [5.41, 5.74) is 4.49. The zero-order valence-corrected chi connectivity index (χ0v) is 23.9. The van der Waals surface area contributed by atoms with E-state index in [4.69, 9.17) is 4.84 Å². The fourth-order valence-electron chi connectivity index (χ4n) is 4.37. The number of nitrogens with zero attached hydrogens (tertiary/aromatic N) is 1. The molecule has 0 N–H and O–H groups in total. The molecule has 0 spiro atoms. The van der Waals surface area contributed by atoms with Gasteiger partial charge in [-0.05, 0) is 85.6 Å². The Morgan fingerprint density at radius 2 is 1.05 bits per heavy atom. The summed E-state index contributed by atoms with van der Waals surface area (Å²) in [5.74, 6) is -1.01. The number of rotatable bonds is 9. The molecule has 0 unspecified atom stereocenters. The second-order valence-electron chi connectivity index (χ2n) is 9.62. The van der Waals surface area contributed by atoms with E-state index in [0.717, 1.165) is 20.9 Å². The van der Waals surface area contributed by atoms with Crippen molar-refractivity contribution in [1.29, 1.82) is 0 Å². The summed E-state index contributed by atoms with van der Waals surface area (Å²) in [6.07, 6.45) is 0. The van der Waals surface area contributed by atoms with Crippen LogP contribution in [0.4, 0.5) is 0 Å². The first-order valence-electron chi connectivity index (χ1n) is 13.3. The Labute approximate surface area is 248 Å². The molecule has 0 aliphatic carbocycles. The van der Waals surface area contributed by atoms with Crippen LogP contribution in [0.15, 0.2) is 142 Å². The lowest BCUT2D eigenvalue weighted by atomic mass is 9.97. The molecule has 42 heavy (non-hydrogen) atoms. The molecule has 0 saturated carbocycles. The van der Waals surface area contributed by atoms with Crippen molar-refractivity contribution >= 4 is 35.0 Å². The Morgan fingerprint density at radius 1 is 0.548 bits per heavy atom.